The maximum Gasteiger partial charge on any atom is 0.312 e. The Kier molecular flexibility index (Phi) is 7.41. The van der Waals surface area contributed by atoms with Crippen LogP contribution in [0.4, 0.5) is 8.78 Å². The smallest absolute Gasteiger partial charge is 0.312 e. The molecule has 0 spiro atoms. The number of hydrogen-bond donors (Lipinski definition) is 1. The van der Waals surface area contributed by atoms with Gasteiger partial charge in [-0.3, -0.25) is 4.79 Å². The number of carbonyl (C=O) groups excluding carboxylic acids is 1. The summed E-state index contributed by atoms with van der Waals surface area (Å²) in [4.78, 5) is 12.5. The van der Waals surface area contributed by atoms with E-state index in [0.29, 0.717) is 16.1 Å². The Balaban J connectivity index is 2.28. The molecule has 0 aliphatic heterocycles. The van der Waals surface area contributed by atoms with Crippen LogP contribution in [0.2, 0.25) is 5.02 Å². The predicted octanol–water partition coefficient (Wildman–Crippen LogP) is 5.93. The second-order valence-electron chi connectivity index (χ2n) is 8.08. The summed E-state index contributed by atoms with van der Waals surface area (Å²) in [5.41, 5.74) is -0.161. The molecule has 158 valence electrons. The summed E-state index contributed by atoms with van der Waals surface area (Å²) in [6.07, 6.45) is -0.989. The van der Waals surface area contributed by atoms with Gasteiger partial charge in [0.05, 0.1) is 18.6 Å². The van der Waals surface area contributed by atoms with Gasteiger partial charge in [-0.05, 0) is 36.6 Å². The Hall–Kier alpha value is -1.98. The zero-order chi connectivity index (χ0) is 21.8. The van der Waals surface area contributed by atoms with Crippen molar-refractivity contribution < 1.29 is 23.4 Å². The molecule has 29 heavy (non-hydrogen) atoms. The molecule has 2 unspecified atom stereocenters. The summed E-state index contributed by atoms with van der Waals surface area (Å²) in [7, 11) is 0. The molecule has 2 aromatic rings. The van der Waals surface area contributed by atoms with Crippen LogP contribution in [0, 0.1) is 11.3 Å². The maximum absolute atomic E-state index is 14.5. The van der Waals surface area contributed by atoms with E-state index in [2.05, 4.69) is 0 Å². The van der Waals surface area contributed by atoms with Gasteiger partial charge >= 0.3 is 5.97 Å². The van der Waals surface area contributed by atoms with E-state index in [-0.39, 0.29) is 18.6 Å². The summed E-state index contributed by atoms with van der Waals surface area (Å²) in [5.74, 6) is -4.43. The van der Waals surface area contributed by atoms with Gasteiger partial charge in [0.1, 0.15) is 0 Å². The largest absolute Gasteiger partial charge is 0.466 e. The lowest BCUT2D eigenvalue weighted by atomic mass is 9.83. The number of aliphatic hydroxyl groups is 1. The second kappa shape index (κ2) is 9.23. The molecule has 0 bridgehead atoms. The molecule has 0 heterocycles. The highest BCUT2D eigenvalue weighted by Gasteiger charge is 2.44. The SMILES string of the molecule is CCOC(=O)C(Cc1ccc(C(F)(F)C(C)(C)C)cc1)C(O)c1cccc(Cl)c1. The van der Waals surface area contributed by atoms with Crippen LogP contribution in [-0.2, 0) is 21.9 Å². The van der Waals surface area contributed by atoms with E-state index >= 15 is 0 Å². The van der Waals surface area contributed by atoms with E-state index in [4.69, 9.17) is 16.3 Å². The van der Waals surface area contributed by atoms with Crippen molar-refractivity contribution in [1.29, 1.82) is 0 Å². The highest BCUT2D eigenvalue weighted by molar-refractivity contribution is 6.30. The summed E-state index contributed by atoms with van der Waals surface area (Å²) in [6.45, 7) is 6.32. The van der Waals surface area contributed by atoms with Crippen molar-refractivity contribution in [3.05, 3.63) is 70.2 Å². The van der Waals surface area contributed by atoms with E-state index in [1.807, 2.05) is 0 Å². The third kappa shape index (κ3) is 5.55. The van der Waals surface area contributed by atoms with Crippen LogP contribution in [0.5, 0.6) is 0 Å². The molecule has 6 heteroatoms. The van der Waals surface area contributed by atoms with Gasteiger partial charge < -0.3 is 9.84 Å². The average molecular weight is 425 g/mol. The lowest BCUT2D eigenvalue weighted by Crippen LogP contribution is -2.31. The molecule has 2 aromatic carbocycles. The molecule has 2 rings (SSSR count). The molecule has 3 nitrogen and oxygen atoms in total. The molecule has 2 atom stereocenters. The number of esters is 1. The van der Waals surface area contributed by atoms with E-state index in [1.54, 1.807) is 43.3 Å². The van der Waals surface area contributed by atoms with Crippen LogP contribution in [0.3, 0.4) is 0 Å². The zero-order valence-electron chi connectivity index (χ0n) is 17.1. The first-order valence-electron chi connectivity index (χ1n) is 9.54. The minimum Gasteiger partial charge on any atom is -0.466 e. The molecule has 0 aromatic heterocycles. The van der Waals surface area contributed by atoms with Crippen LogP contribution in [-0.4, -0.2) is 17.7 Å². The van der Waals surface area contributed by atoms with Gasteiger partial charge in [-0.1, -0.05) is 68.8 Å². The summed E-state index contributed by atoms with van der Waals surface area (Å²) >= 11 is 5.99. The predicted molar refractivity (Wildman–Crippen MR) is 110 cm³/mol. The van der Waals surface area contributed by atoms with Gasteiger partial charge in [-0.15, -0.1) is 0 Å². The summed E-state index contributed by atoms with van der Waals surface area (Å²) in [5, 5.41) is 11.2. The lowest BCUT2D eigenvalue weighted by Gasteiger charge is -2.30. The number of benzene rings is 2. The third-order valence-electron chi connectivity index (χ3n) is 4.87. The van der Waals surface area contributed by atoms with Gasteiger partial charge in [-0.25, -0.2) is 8.78 Å². The van der Waals surface area contributed by atoms with Gasteiger partial charge in [0, 0.05) is 16.0 Å². The van der Waals surface area contributed by atoms with E-state index < -0.39 is 29.3 Å². The van der Waals surface area contributed by atoms with Crippen molar-refractivity contribution in [1.82, 2.24) is 0 Å². The Morgan fingerprint density at radius 3 is 2.28 bits per heavy atom. The van der Waals surface area contributed by atoms with Gasteiger partial charge in [0.2, 0.25) is 0 Å². The molecule has 0 fully saturated rings. The fourth-order valence-corrected chi connectivity index (χ4v) is 3.23. The van der Waals surface area contributed by atoms with Gasteiger partial charge in [0.15, 0.2) is 0 Å². The monoisotopic (exact) mass is 424 g/mol. The molecule has 0 aliphatic rings. The minimum absolute atomic E-state index is 0.0863. The third-order valence-corrected chi connectivity index (χ3v) is 5.11. The lowest BCUT2D eigenvalue weighted by molar-refractivity contribution is -0.152. The Bertz CT molecular complexity index is 829. The van der Waals surface area contributed by atoms with Crippen LogP contribution in [0.1, 0.15) is 50.5 Å². The Morgan fingerprint density at radius 2 is 1.76 bits per heavy atom. The molecule has 0 radical (unpaired) electrons. The van der Waals surface area contributed by atoms with Crippen molar-refractivity contribution in [3.63, 3.8) is 0 Å². The second-order valence-corrected chi connectivity index (χ2v) is 8.52. The number of halogens is 3. The van der Waals surface area contributed by atoms with E-state index in [0.717, 1.165) is 0 Å². The first-order chi connectivity index (χ1) is 13.5. The fraction of sp³-hybridized carbons (Fsp3) is 0.435. The fourth-order valence-electron chi connectivity index (χ4n) is 3.03. The quantitative estimate of drug-likeness (QED) is 0.560. The first-order valence-corrected chi connectivity index (χ1v) is 9.92. The molecule has 0 saturated carbocycles. The number of ether oxygens (including phenoxy) is 1. The van der Waals surface area contributed by atoms with Crippen molar-refractivity contribution in [3.8, 4) is 0 Å². The molecule has 1 N–H and O–H groups in total. The molecular weight excluding hydrogens is 398 g/mol. The minimum atomic E-state index is -2.99. The van der Waals surface area contributed by atoms with Crippen molar-refractivity contribution in [2.45, 2.75) is 46.1 Å². The summed E-state index contributed by atoms with van der Waals surface area (Å²) in [6, 6.07) is 12.5. The maximum atomic E-state index is 14.5. The molecule has 0 amide bonds. The molecule has 0 saturated heterocycles. The van der Waals surface area contributed by atoms with Crippen LogP contribution in [0.15, 0.2) is 48.5 Å². The van der Waals surface area contributed by atoms with Gasteiger partial charge in [0.25, 0.3) is 5.92 Å². The molecular formula is C23H27ClF2O3. The van der Waals surface area contributed by atoms with Crippen molar-refractivity contribution in [2.75, 3.05) is 6.61 Å². The number of carbonyl (C=O) groups is 1. The highest BCUT2D eigenvalue weighted by Crippen LogP contribution is 2.44. The molecule has 0 aliphatic carbocycles. The van der Waals surface area contributed by atoms with Gasteiger partial charge in [-0.2, -0.15) is 0 Å². The Labute approximate surface area is 175 Å². The number of rotatable bonds is 7. The number of alkyl halides is 2. The normalized spacial score (nSPS) is 14.3. The number of aliphatic hydroxyl groups excluding tert-OH is 1. The average Bonchev–Trinajstić information content (AvgIpc) is 2.65. The topological polar surface area (TPSA) is 46.5 Å². The standard InChI is InChI=1S/C23H27ClF2O3/c1-5-29-21(28)19(20(27)16-7-6-8-18(24)14-16)13-15-9-11-17(12-10-15)23(25,26)22(2,3)4/h6-12,14,19-20,27H,5,13H2,1-4H3. The zero-order valence-corrected chi connectivity index (χ0v) is 17.8. The van der Waals surface area contributed by atoms with Crippen molar-refractivity contribution in [2.24, 2.45) is 11.3 Å². The summed E-state index contributed by atoms with van der Waals surface area (Å²) < 4.78 is 34.2. The van der Waals surface area contributed by atoms with Crippen LogP contribution >= 0.6 is 11.6 Å². The first kappa shape index (κ1) is 23.3. The number of hydrogen-bond acceptors (Lipinski definition) is 3. The van der Waals surface area contributed by atoms with E-state index in [1.165, 1.54) is 32.9 Å². The Morgan fingerprint density at radius 1 is 1.14 bits per heavy atom. The van der Waals surface area contributed by atoms with Crippen molar-refractivity contribution >= 4 is 17.6 Å². The van der Waals surface area contributed by atoms with Crippen LogP contribution in [0.25, 0.3) is 0 Å². The van der Waals surface area contributed by atoms with Crippen LogP contribution < -0.4 is 0 Å². The van der Waals surface area contributed by atoms with E-state index in [9.17, 15) is 18.7 Å². The highest BCUT2D eigenvalue weighted by atomic mass is 35.5.